The van der Waals surface area contributed by atoms with E-state index in [1.54, 1.807) is 10.9 Å². The first-order valence-electron chi connectivity index (χ1n) is 4.83. The minimum absolute atomic E-state index is 0.171. The number of aromatic nitrogens is 4. The molecule has 0 radical (unpaired) electrons. The Kier molecular flexibility index (Phi) is 2.66. The normalized spacial score (nSPS) is 12.9. The molecule has 0 bridgehead atoms. The number of furan rings is 1. The number of nitrogens with two attached hydrogens (primary N) is 1. The van der Waals surface area contributed by atoms with Crippen LogP contribution in [0.1, 0.15) is 25.1 Å². The smallest absolute Gasteiger partial charge is 0.240 e. The van der Waals surface area contributed by atoms with Gasteiger partial charge in [-0.25, -0.2) is 4.68 Å². The zero-order chi connectivity index (χ0) is 10.7. The second-order valence-electron chi connectivity index (χ2n) is 3.45. The maximum Gasteiger partial charge on any atom is 0.240 e. The quantitative estimate of drug-likeness (QED) is 0.809. The maximum atomic E-state index is 5.59. The summed E-state index contributed by atoms with van der Waals surface area (Å²) in [5, 5.41) is 11.0. The molecule has 0 spiro atoms. The van der Waals surface area contributed by atoms with Crippen LogP contribution in [0.25, 0.3) is 0 Å². The molecule has 0 aromatic carbocycles. The third-order valence-corrected chi connectivity index (χ3v) is 2.32. The summed E-state index contributed by atoms with van der Waals surface area (Å²) in [6.45, 7) is 2.02. The maximum absolute atomic E-state index is 5.59. The third-order valence-electron chi connectivity index (χ3n) is 2.32. The Morgan fingerprint density at radius 3 is 3.07 bits per heavy atom. The zero-order valence-electron chi connectivity index (χ0n) is 8.50. The molecule has 0 amide bonds. The number of hydrogen-bond donors (Lipinski definition) is 1. The minimum Gasteiger partial charge on any atom is -0.469 e. The first-order valence-corrected chi connectivity index (χ1v) is 4.83. The van der Waals surface area contributed by atoms with E-state index in [1.165, 1.54) is 0 Å². The summed E-state index contributed by atoms with van der Waals surface area (Å²) in [7, 11) is 0. The molecule has 6 heteroatoms. The Hall–Kier alpha value is -1.85. The van der Waals surface area contributed by atoms with Gasteiger partial charge in [-0.1, -0.05) is 5.10 Å². The van der Waals surface area contributed by atoms with Crippen LogP contribution in [0.15, 0.2) is 22.8 Å². The molecular formula is C9H13N5O. The highest BCUT2D eigenvalue weighted by molar-refractivity contribution is 5.11. The lowest BCUT2D eigenvalue weighted by atomic mass is 10.1. The van der Waals surface area contributed by atoms with Gasteiger partial charge in [-0.05, 0) is 35.9 Å². The van der Waals surface area contributed by atoms with Crippen molar-refractivity contribution in [3.63, 3.8) is 0 Å². The second kappa shape index (κ2) is 4.12. The van der Waals surface area contributed by atoms with Gasteiger partial charge in [0.05, 0.1) is 12.3 Å². The fraction of sp³-hybridized carbons (Fsp3) is 0.444. The lowest BCUT2D eigenvalue weighted by molar-refractivity contribution is 0.424. The molecule has 6 nitrogen and oxygen atoms in total. The van der Waals surface area contributed by atoms with Crippen LogP contribution in [0, 0.1) is 0 Å². The molecule has 1 atom stereocenters. The fourth-order valence-corrected chi connectivity index (χ4v) is 1.44. The van der Waals surface area contributed by atoms with Crippen molar-refractivity contribution >= 4 is 5.95 Å². The summed E-state index contributed by atoms with van der Waals surface area (Å²) < 4.78 is 6.85. The lowest BCUT2D eigenvalue weighted by Gasteiger charge is -2.10. The Labute approximate surface area is 87.1 Å². The molecule has 80 valence electrons. The first kappa shape index (κ1) is 9.70. The van der Waals surface area contributed by atoms with Crippen LogP contribution in [0.3, 0.4) is 0 Å². The Morgan fingerprint density at radius 2 is 2.47 bits per heavy atom. The van der Waals surface area contributed by atoms with Crippen molar-refractivity contribution < 1.29 is 4.42 Å². The molecule has 0 aliphatic carbocycles. The van der Waals surface area contributed by atoms with Crippen molar-refractivity contribution in [3.05, 3.63) is 24.2 Å². The molecule has 0 saturated carbocycles. The molecule has 2 aromatic rings. The monoisotopic (exact) mass is 207 g/mol. The van der Waals surface area contributed by atoms with Crippen molar-refractivity contribution in [2.24, 2.45) is 0 Å². The van der Waals surface area contributed by atoms with Crippen molar-refractivity contribution in [1.82, 2.24) is 20.2 Å². The predicted octanol–water partition coefficient (Wildman–Crippen LogP) is 1.04. The minimum atomic E-state index is 0.171. The highest BCUT2D eigenvalue weighted by Crippen LogP contribution is 2.15. The fourth-order valence-electron chi connectivity index (χ4n) is 1.44. The molecule has 0 aliphatic heterocycles. The molecule has 2 heterocycles. The predicted molar refractivity (Wildman–Crippen MR) is 54.0 cm³/mol. The van der Waals surface area contributed by atoms with Crippen LogP contribution in [0.4, 0.5) is 5.95 Å². The Morgan fingerprint density at radius 1 is 1.60 bits per heavy atom. The van der Waals surface area contributed by atoms with Crippen molar-refractivity contribution in [2.75, 3.05) is 5.73 Å². The number of tetrazole rings is 1. The van der Waals surface area contributed by atoms with Crippen molar-refractivity contribution in [2.45, 2.75) is 25.8 Å². The average molecular weight is 207 g/mol. The van der Waals surface area contributed by atoms with Gasteiger partial charge in [0.25, 0.3) is 0 Å². The average Bonchev–Trinajstić information content (AvgIpc) is 2.84. The molecule has 0 fully saturated rings. The van der Waals surface area contributed by atoms with E-state index < -0.39 is 0 Å². The molecule has 2 rings (SSSR count). The topological polar surface area (TPSA) is 82.8 Å². The molecule has 1 unspecified atom stereocenters. The van der Waals surface area contributed by atoms with E-state index in [2.05, 4.69) is 15.5 Å². The number of rotatable bonds is 4. The summed E-state index contributed by atoms with van der Waals surface area (Å²) in [6, 6.07) is 4.01. The Bertz CT molecular complexity index is 408. The van der Waals surface area contributed by atoms with E-state index in [9.17, 15) is 0 Å². The van der Waals surface area contributed by atoms with Crippen LogP contribution in [0.5, 0.6) is 0 Å². The van der Waals surface area contributed by atoms with Gasteiger partial charge in [-0.2, -0.15) is 0 Å². The number of aryl methyl sites for hydroxylation is 1. The van der Waals surface area contributed by atoms with Gasteiger partial charge in [0, 0.05) is 6.42 Å². The van der Waals surface area contributed by atoms with Crippen LogP contribution in [-0.2, 0) is 6.42 Å². The van der Waals surface area contributed by atoms with E-state index in [4.69, 9.17) is 10.2 Å². The van der Waals surface area contributed by atoms with Crippen LogP contribution >= 0.6 is 0 Å². The van der Waals surface area contributed by atoms with Crippen LogP contribution in [0.2, 0.25) is 0 Å². The van der Waals surface area contributed by atoms with Crippen molar-refractivity contribution in [3.8, 4) is 0 Å². The zero-order valence-corrected chi connectivity index (χ0v) is 8.50. The molecule has 15 heavy (non-hydrogen) atoms. The summed E-state index contributed by atoms with van der Waals surface area (Å²) in [5.74, 6) is 1.32. The lowest BCUT2D eigenvalue weighted by Crippen LogP contribution is -2.11. The van der Waals surface area contributed by atoms with Gasteiger partial charge in [0.1, 0.15) is 5.76 Å². The third kappa shape index (κ3) is 2.15. The van der Waals surface area contributed by atoms with Gasteiger partial charge < -0.3 is 10.2 Å². The second-order valence-corrected chi connectivity index (χ2v) is 3.45. The largest absolute Gasteiger partial charge is 0.469 e. The van der Waals surface area contributed by atoms with E-state index >= 15 is 0 Å². The first-order chi connectivity index (χ1) is 7.27. The standard InChI is InChI=1S/C9H13N5O/c1-7(14-9(10)11-12-13-14)4-5-8-3-2-6-15-8/h2-3,6-7H,4-5H2,1H3,(H2,10,11,13). The van der Waals surface area contributed by atoms with E-state index in [0.29, 0.717) is 5.95 Å². The van der Waals surface area contributed by atoms with Gasteiger partial charge in [-0.15, -0.1) is 0 Å². The highest BCUT2D eigenvalue weighted by atomic mass is 16.3. The van der Waals surface area contributed by atoms with Gasteiger partial charge in [0.2, 0.25) is 5.95 Å². The van der Waals surface area contributed by atoms with Crippen LogP contribution < -0.4 is 5.73 Å². The summed E-state index contributed by atoms with van der Waals surface area (Å²) >= 11 is 0. The van der Waals surface area contributed by atoms with Gasteiger partial charge in [0.15, 0.2) is 0 Å². The van der Waals surface area contributed by atoms with Gasteiger partial charge in [-0.3, -0.25) is 0 Å². The number of nitrogen functional groups attached to an aromatic ring is 1. The summed E-state index contributed by atoms with van der Waals surface area (Å²) in [6.07, 6.45) is 3.42. The van der Waals surface area contributed by atoms with E-state index in [-0.39, 0.29) is 6.04 Å². The molecule has 2 N–H and O–H groups in total. The SMILES string of the molecule is CC(CCc1ccco1)n1nnnc1N. The number of hydrogen-bond acceptors (Lipinski definition) is 5. The van der Waals surface area contributed by atoms with Gasteiger partial charge >= 0.3 is 0 Å². The number of anilines is 1. The van der Waals surface area contributed by atoms with Crippen LogP contribution in [-0.4, -0.2) is 20.2 Å². The van der Waals surface area contributed by atoms with Crippen molar-refractivity contribution in [1.29, 1.82) is 0 Å². The molecule has 0 aliphatic rings. The molecular weight excluding hydrogens is 194 g/mol. The highest BCUT2D eigenvalue weighted by Gasteiger charge is 2.10. The Balaban J connectivity index is 1.93. The number of nitrogens with zero attached hydrogens (tertiary/aromatic N) is 4. The molecule has 0 saturated heterocycles. The molecule has 2 aromatic heterocycles. The summed E-state index contributed by atoms with van der Waals surface area (Å²) in [4.78, 5) is 0. The summed E-state index contributed by atoms with van der Waals surface area (Å²) in [5.41, 5.74) is 5.59. The van der Waals surface area contributed by atoms with E-state index in [0.717, 1.165) is 18.6 Å². The van der Waals surface area contributed by atoms with E-state index in [1.807, 2.05) is 19.1 Å².